The molecule has 1 aliphatic rings. The molecule has 2 aromatic carbocycles. The van der Waals surface area contributed by atoms with Crippen molar-refractivity contribution < 1.29 is 22.6 Å². The Morgan fingerprint density at radius 2 is 1.84 bits per heavy atom. The van der Waals surface area contributed by atoms with Crippen LogP contribution in [0.1, 0.15) is 0 Å². The first-order valence-electron chi connectivity index (χ1n) is 7.28. The van der Waals surface area contributed by atoms with Crippen LogP contribution in [0.4, 0.5) is 0 Å². The highest BCUT2D eigenvalue weighted by atomic mass is 79.9. The average molecular weight is 424 g/mol. The van der Waals surface area contributed by atoms with E-state index in [2.05, 4.69) is 32.5 Å². The van der Waals surface area contributed by atoms with Crippen molar-refractivity contribution in [3.63, 3.8) is 0 Å². The minimum atomic E-state index is -3.57. The highest BCUT2D eigenvalue weighted by Gasteiger charge is 2.13. The largest absolute Gasteiger partial charge is 0.481 e. The van der Waals surface area contributed by atoms with Gasteiger partial charge in [-0.3, -0.25) is 0 Å². The third-order valence-electron chi connectivity index (χ3n) is 3.25. The SMILES string of the molecule is O=S(=O)(NCC#CCOc1ccc2c(c1)OCO2)c1ccc(Br)cc1. The second-order valence-corrected chi connectivity index (χ2v) is 7.62. The summed E-state index contributed by atoms with van der Waals surface area (Å²) < 4.78 is 43.3. The summed E-state index contributed by atoms with van der Waals surface area (Å²) in [5.41, 5.74) is 0. The fraction of sp³-hybridized carbons (Fsp3) is 0.176. The van der Waals surface area contributed by atoms with Crippen LogP contribution in [0.5, 0.6) is 17.2 Å². The van der Waals surface area contributed by atoms with E-state index < -0.39 is 10.0 Å². The highest BCUT2D eigenvalue weighted by molar-refractivity contribution is 9.10. The fourth-order valence-corrected chi connectivity index (χ4v) is 3.22. The molecular weight excluding hydrogens is 410 g/mol. The van der Waals surface area contributed by atoms with Crippen LogP contribution >= 0.6 is 15.9 Å². The molecule has 0 amide bonds. The number of nitrogens with one attached hydrogen (secondary N) is 1. The van der Waals surface area contributed by atoms with Crippen LogP contribution in [0.15, 0.2) is 51.8 Å². The monoisotopic (exact) mass is 423 g/mol. The zero-order valence-corrected chi connectivity index (χ0v) is 15.4. The smallest absolute Gasteiger partial charge is 0.241 e. The van der Waals surface area contributed by atoms with Gasteiger partial charge in [0.25, 0.3) is 0 Å². The predicted octanol–water partition coefficient (Wildman–Crippen LogP) is 2.54. The van der Waals surface area contributed by atoms with Gasteiger partial charge < -0.3 is 14.2 Å². The molecule has 8 heteroatoms. The Labute approximate surface area is 154 Å². The van der Waals surface area contributed by atoms with Crippen molar-refractivity contribution in [2.75, 3.05) is 19.9 Å². The Balaban J connectivity index is 1.47. The van der Waals surface area contributed by atoms with Crippen LogP contribution < -0.4 is 18.9 Å². The maximum atomic E-state index is 12.1. The molecule has 0 spiro atoms. The minimum Gasteiger partial charge on any atom is -0.481 e. The van der Waals surface area contributed by atoms with Crippen molar-refractivity contribution in [1.82, 2.24) is 4.72 Å². The number of halogens is 1. The van der Waals surface area contributed by atoms with Gasteiger partial charge in [0.1, 0.15) is 12.4 Å². The molecule has 0 atom stereocenters. The lowest BCUT2D eigenvalue weighted by Gasteiger charge is -2.04. The van der Waals surface area contributed by atoms with Crippen molar-refractivity contribution >= 4 is 26.0 Å². The van der Waals surface area contributed by atoms with Gasteiger partial charge >= 0.3 is 0 Å². The van der Waals surface area contributed by atoms with Gasteiger partial charge in [0.05, 0.1) is 11.4 Å². The zero-order valence-electron chi connectivity index (χ0n) is 13.0. The number of hydrogen-bond donors (Lipinski definition) is 1. The number of fused-ring (bicyclic) bond motifs is 1. The molecule has 0 fully saturated rings. The molecule has 0 aromatic heterocycles. The van der Waals surface area contributed by atoms with E-state index in [0.717, 1.165) is 4.47 Å². The Kier molecular flexibility index (Phi) is 5.48. The Morgan fingerprint density at radius 3 is 2.64 bits per heavy atom. The molecule has 1 aliphatic heterocycles. The van der Waals surface area contributed by atoms with E-state index in [0.29, 0.717) is 17.2 Å². The lowest BCUT2D eigenvalue weighted by atomic mass is 10.3. The second kappa shape index (κ2) is 7.78. The molecule has 3 rings (SSSR count). The summed E-state index contributed by atoms with van der Waals surface area (Å²) in [5, 5.41) is 0. The number of ether oxygens (including phenoxy) is 3. The average Bonchev–Trinajstić information content (AvgIpc) is 3.06. The number of hydrogen-bond acceptors (Lipinski definition) is 5. The maximum absolute atomic E-state index is 12.1. The van der Waals surface area contributed by atoms with Crippen molar-refractivity contribution in [3.05, 3.63) is 46.9 Å². The Bertz CT molecular complexity index is 916. The van der Waals surface area contributed by atoms with Crippen LogP contribution in [-0.2, 0) is 10.0 Å². The van der Waals surface area contributed by atoms with E-state index in [9.17, 15) is 8.42 Å². The van der Waals surface area contributed by atoms with Gasteiger partial charge in [-0.05, 0) is 36.4 Å². The molecule has 0 radical (unpaired) electrons. The topological polar surface area (TPSA) is 73.9 Å². The predicted molar refractivity (Wildman–Crippen MR) is 95.2 cm³/mol. The maximum Gasteiger partial charge on any atom is 0.241 e. The summed E-state index contributed by atoms with van der Waals surface area (Å²) >= 11 is 3.26. The summed E-state index contributed by atoms with van der Waals surface area (Å²) in [7, 11) is -3.57. The normalized spacial score (nSPS) is 12.4. The first-order chi connectivity index (χ1) is 12.0. The van der Waals surface area contributed by atoms with Gasteiger partial charge in [0.2, 0.25) is 16.8 Å². The van der Waals surface area contributed by atoms with E-state index in [1.807, 2.05) is 0 Å². The molecule has 0 saturated heterocycles. The number of sulfonamides is 1. The van der Waals surface area contributed by atoms with Crippen molar-refractivity contribution in [2.45, 2.75) is 4.90 Å². The first kappa shape index (κ1) is 17.6. The van der Waals surface area contributed by atoms with E-state index in [-0.39, 0.29) is 24.8 Å². The standard InChI is InChI=1S/C17H14BrNO5S/c18-13-3-6-15(7-4-13)25(20,21)19-9-1-2-10-22-14-5-8-16-17(11-14)24-12-23-16/h3-8,11,19H,9-10,12H2. The van der Waals surface area contributed by atoms with E-state index in [4.69, 9.17) is 14.2 Å². The lowest BCUT2D eigenvalue weighted by Crippen LogP contribution is -2.24. The Hall–Kier alpha value is -2.21. The third-order valence-corrected chi connectivity index (χ3v) is 5.20. The number of benzene rings is 2. The van der Waals surface area contributed by atoms with Gasteiger partial charge in [-0.25, -0.2) is 8.42 Å². The summed E-state index contributed by atoms with van der Waals surface area (Å²) in [4.78, 5) is 0.189. The molecule has 0 bridgehead atoms. The highest BCUT2D eigenvalue weighted by Crippen LogP contribution is 2.34. The quantitative estimate of drug-likeness (QED) is 0.747. The van der Waals surface area contributed by atoms with E-state index in [1.54, 1.807) is 30.3 Å². The molecular formula is C17H14BrNO5S. The van der Waals surface area contributed by atoms with Gasteiger partial charge in [-0.1, -0.05) is 27.8 Å². The molecule has 2 aromatic rings. The second-order valence-electron chi connectivity index (χ2n) is 4.94. The summed E-state index contributed by atoms with van der Waals surface area (Å²) in [6, 6.07) is 11.6. The van der Waals surface area contributed by atoms with Crippen molar-refractivity contribution in [3.8, 4) is 29.1 Å². The summed E-state index contributed by atoms with van der Waals surface area (Å²) in [5.74, 6) is 7.39. The summed E-state index contributed by atoms with van der Waals surface area (Å²) in [6.45, 7) is 0.347. The molecule has 0 saturated carbocycles. The van der Waals surface area contributed by atoms with E-state index in [1.165, 1.54) is 12.1 Å². The van der Waals surface area contributed by atoms with Crippen LogP contribution in [-0.4, -0.2) is 28.4 Å². The molecule has 1 heterocycles. The minimum absolute atomic E-state index is 0.00287. The molecule has 0 aliphatic carbocycles. The molecule has 0 unspecified atom stereocenters. The van der Waals surface area contributed by atoms with Gasteiger partial charge in [-0.2, -0.15) is 4.72 Å². The molecule has 1 N–H and O–H groups in total. The molecule has 25 heavy (non-hydrogen) atoms. The fourth-order valence-electron chi connectivity index (χ4n) is 2.03. The van der Waals surface area contributed by atoms with Crippen LogP contribution in [0, 0.1) is 11.8 Å². The van der Waals surface area contributed by atoms with Gasteiger partial charge in [-0.15, -0.1) is 0 Å². The zero-order chi connectivity index (χ0) is 17.7. The molecule has 6 nitrogen and oxygen atoms in total. The third kappa shape index (κ3) is 4.66. The lowest BCUT2D eigenvalue weighted by molar-refractivity contribution is 0.174. The van der Waals surface area contributed by atoms with Crippen LogP contribution in [0.3, 0.4) is 0 Å². The number of rotatable bonds is 5. The van der Waals surface area contributed by atoms with Gasteiger partial charge in [0.15, 0.2) is 11.5 Å². The summed E-state index contributed by atoms with van der Waals surface area (Å²) in [6.07, 6.45) is 0. The van der Waals surface area contributed by atoms with E-state index >= 15 is 0 Å². The first-order valence-corrected chi connectivity index (χ1v) is 9.56. The van der Waals surface area contributed by atoms with Crippen LogP contribution in [0.2, 0.25) is 0 Å². The molecule has 130 valence electrons. The van der Waals surface area contributed by atoms with Crippen LogP contribution in [0.25, 0.3) is 0 Å². The van der Waals surface area contributed by atoms with Crippen molar-refractivity contribution in [1.29, 1.82) is 0 Å². The Morgan fingerprint density at radius 1 is 1.08 bits per heavy atom. The van der Waals surface area contributed by atoms with Gasteiger partial charge in [0, 0.05) is 10.5 Å². The van der Waals surface area contributed by atoms with Crippen molar-refractivity contribution in [2.24, 2.45) is 0 Å².